The third kappa shape index (κ3) is 7.54. The minimum Gasteiger partial charge on any atom is -0.351 e. The van der Waals surface area contributed by atoms with Crippen molar-refractivity contribution in [1.29, 1.82) is 0 Å². The normalized spacial score (nSPS) is 11.7. The van der Waals surface area contributed by atoms with Gasteiger partial charge in [-0.2, -0.15) is 0 Å². The van der Waals surface area contributed by atoms with Crippen LogP contribution in [-0.2, 0) is 38.3 Å². The van der Waals surface area contributed by atoms with Crippen molar-refractivity contribution in [3.8, 4) is 0 Å². The number of ether oxygens (including phenoxy) is 2. The van der Waals surface area contributed by atoms with Gasteiger partial charge in [-0.05, 0) is 32.0 Å². The van der Waals surface area contributed by atoms with E-state index in [0.717, 1.165) is 5.56 Å². The molecule has 0 spiro atoms. The minimum atomic E-state index is -3.32. The molecular weight excluding hydrogens is 398 g/mol. The summed E-state index contributed by atoms with van der Waals surface area (Å²) in [5, 5.41) is 10.6. The van der Waals surface area contributed by atoms with Crippen LogP contribution in [0.2, 0.25) is 0 Å². The molecule has 2 N–H and O–H groups in total. The van der Waals surface area contributed by atoms with Crippen molar-refractivity contribution in [2.45, 2.75) is 39.0 Å². The van der Waals surface area contributed by atoms with Crippen LogP contribution in [0.3, 0.4) is 0 Å². The van der Waals surface area contributed by atoms with Gasteiger partial charge in [0.15, 0.2) is 12.0 Å². The summed E-state index contributed by atoms with van der Waals surface area (Å²) < 4.78 is 37.8. The smallest absolute Gasteiger partial charge is 0.273 e. The first-order chi connectivity index (χ1) is 13.9. The fourth-order valence-electron chi connectivity index (χ4n) is 2.49. The van der Waals surface area contributed by atoms with Crippen molar-refractivity contribution in [1.82, 2.24) is 25.0 Å². The highest BCUT2D eigenvalue weighted by molar-refractivity contribution is 7.88. The lowest BCUT2D eigenvalue weighted by Gasteiger charge is -2.16. The second kappa shape index (κ2) is 11.0. The highest BCUT2D eigenvalue weighted by Crippen LogP contribution is 2.08. The van der Waals surface area contributed by atoms with Crippen LogP contribution >= 0.6 is 0 Å². The Morgan fingerprint density at radius 1 is 1.14 bits per heavy atom. The maximum absolute atomic E-state index is 12.3. The molecule has 0 radical (unpaired) electrons. The number of sulfonamides is 1. The predicted octanol–water partition coefficient (Wildman–Crippen LogP) is 0.656. The van der Waals surface area contributed by atoms with Crippen LogP contribution in [-0.4, -0.2) is 55.9 Å². The molecule has 0 aliphatic rings. The Labute approximate surface area is 170 Å². The molecule has 1 heterocycles. The number of hydrogen-bond donors (Lipinski definition) is 2. The molecule has 0 bridgehead atoms. The van der Waals surface area contributed by atoms with E-state index in [1.165, 1.54) is 17.9 Å². The van der Waals surface area contributed by atoms with Gasteiger partial charge in [0.1, 0.15) is 0 Å². The molecular formula is C18H27N5O5S. The summed E-state index contributed by atoms with van der Waals surface area (Å²) >= 11 is 0. The molecule has 1 amide bonds. The molecule has 1 aromatic carbocycles. The molecule has 0 atom stereocenters. The van der Waals surface area contributed by atoms with Crippen LogP contribution in [0.1, 0.15) is 35.5 Å². The predicted molar refractivity (Wildman–Crippen MR) is 106 cm³/mol. The third-order valence-corrected chi connectivity index (χ3v) is 5.29. The number of nitrogens with zero attached hydrogens (tertiary/aromatic N) is 3. The molecule has 160 valence electrons. The van der Waals surface area contributed by atoms with E-state index in [9.17, 15) is 13.2 Å². The Morgan fingerprint density at radius 2 is 1.76 bits per heavy atom. The monoisotopic (exact) mass is 425 g/mol. The Bertz CT molecular complexity index is 876. The average Bonchev–Trinajstić information content (AvgIpc) is 3.16. The van der Waals surface area contributed by atoms with Gasteiger partial charge in [-0.3, -0.25) is 4.79 Å². The van der Waals surface area contributed by atoms with Crippen LogP contribution < -0.4 is 10.0 Å². The largest absolute Gasteiger partial charge is 0.351 e. The Balaban J connectivity index is 1.88. The molecule has 10 nitrogen and oxygen atoms in total. The molecule has 0 aliphatic heterocycles. The lowest BCUT2D eigenvalue weighted by molar-refractivity contribution is -0.145. The SMILES string of the molecule is CCOC(Cn1cc(C(=O)NCc2ccc(CS(=O)(=O)NC)cc2)nn1)OCC. The van der Waals surface area contributed by atoms with Gasteiger partial charge >= 0.3 is 0 Å². The maximum Gasteiger partial charge on any atom is 0.273 e. The summed E-state index contributed by atoms with van der Waals surface area (Å²) in [5.41, 5.74) is 1.69. The first-order valence-corrected chi connectivity index (χ1v) is 10.9. The lowest BCUT2D eigenvalue weighted by atomic mass is 10.1. The molecule has 0 saturated carbocycles. The van der Waals surface area contributed by atoms with Crippen molar-refractivity contribution in [2.75, 3.05) is 20.3 Å². The number of amides is 1. The summed E-state index contributed by atoms with van der Waals surface area (Å²) in [6.07, 6.45) is 1.08. The van der Waals surface area contributed by atoms with Crippen LogP contribution in [0.4, 0.5) is 0 Å². The topological polar surface area (TPSA) is 124 Å². The number of aromatic nitrogens is 3. The van der Waals surface area contributed by atoms with Crippen molar-refractivity contribution >= 4 is 15.9 Å². The average molecular weight is 426 g/mol. The van der Waals surface area contributed by atoms with E-state index in [2.05, 4.69) is 20.4 Å². The van der Waals surface area contributed by atoms with E-state index in [1.807, 2.05) is 13.8 Å². The number of hydrogen-bond acceptors (Lipinski definition) is 7. The van der Waals surface area contributed by atoms with Crippen LogP contribution in [0.5, 0.6) is 0 Å². The molecule has 0 unspecified atom stereocenters. The van der Waals surface area contributed by atoms with Crippen LogP contribution in [0, 0.1) is 0 Å². The quantitative estimate of drug-likeness (QED) is 0.479. The lowest BCUT2D eigenvalue weighted by Crippen LogP contribution is -2.24. The standard InChI is InChI=1S/C18H27N5O5S/c1-4-27-17(28-5-2)12-23-11-16(21-22-23)18(24)20-10-14-6-8-15(9-7-14)13-29(25,26)19-3/h6-9,11,17,19H,4-5,10,12-13H2,1-3H3,(H,20,24). The zero-order valence-electron chi connectivity index (χ0n) is 16.8. The van der Waals surface area contributed by atoms with E-state index in [4.69, 9.17) is 9.47 Å². The van der Waals surface area contributed by atoms with Gasteiger partial charge < -0.3 is 14.8 Å². The summed E-state index contributed by atoms with van der Waals surface area (Å²) in [5.74, 6) is -0.452. The fraction of sp³-hybridized carbons (Fsp3) is 0.500. The second-order valence-corrected chi connectivity index (χ2v) is 8.05. The molecule has 2 aromatic rings. The number of carbonyl (C=O) groups excluding carboxylic acids is 1. The molecule has 0 saturated heterocycles. The zero-order chi connectivity index (χ0) is 21.3. The maximum atomic E-state index is 12.3. The number of carbonyl (C=O) groups is 1. The van der Waals surface area contributed by atoms with Crippen LogP contribution in [0.25, 0.3) is 0 Å². The fourth-order valence-corrected chi connectivity index (χ4v) is 3.26. The Hall–Kier alpha value is -2.34. The van der Waals surface area contributed by atoms with Gasteiger partial charge in [0.25, 0.3) is 5.91 Å². The van der Waals surface area contributed by atoms with E-state index >= 15 is 0 Å². The summed E-state index contributed by atoms with van der Waals surface area (Å²) in [7, 11) is -1.94. The molecule has 1 aromatic heterocycles. The van der Waals surface area contributed by atoms with E-state index in [1.54, 1.807) is 24.3 Å². The van der Waals surface area contributed by atoms with Crippen molar-refractivity contribution in [3.05, 3.63) is 47.3 Å². The molecule has 11 heteroatoms. The van der Waals surface area contributed by atoms with Gasteiger partial charge in [0.05, 0.1) is 18.5 Å². The highest BCUT2D eigenvalue weighted by atomic mass is 32.2. The van der Waals surface area contributed by atoms with E-state index < -0.39 is 16.3 Å². The van der Waals surface area contributed by atoms with Crippen molar-refractivity contribution < 1.29 is 22.7 Å². The van der Waals surface area contributed by atoms with Gasteiger partial charge in [-0.15, -0.1) is 5.10 Å². The van der Waals surface area contributed by atoms with Gasteiger partial charge in [0, 0.05) is 19.8 Å². The molecule has 29 heavy (non-hydrogen) atoms. The Morgan fingerprint density at radius 3 is 2.34 bits per heavy atom. The molecule has 2 rings (SSSR count). The second-order valence-electron chi connectivity index (χ2n) is 6.13. The van der Waals surface area contributed by atoms with Gasteiger partial charge in [-0.25, -0.2) is 17.8 Å². The van der Waals surface area contributed by atoms with E-state index in [-0.39, 0.29) is 23.9 Å². The van der Waals surface area contributed by atoms with Crippen molar-refractivity contribution in [2.24, 2.45) is 0 Å². The number of benzene rings is 1. The van der Waals surface area contributed by atoms with Gasteiger partial charge in [0.2, 0.25) is 10.0 Å². The zero-order valence-corrected chi connectivity index (χ0v) is 17.6. The minimum absolute atomic E-state index is 0.0935. The molecule has 0 fully saturated rings. The van der Waals surface area contributed by atoms with Crippen molar-refractivity contribution in [3.63, 3.8) is 0 Å². The number of nitrogens with one attached hydrogen (secondary N) is 2. The van der Waals surface area contributed by atoms with Gasteiger partial charge in [-0.1, -0.05) is 29.5 Å². The highest BCUT2D eigenvalue weighted by Gasteiger charge is 2.14. The first kappa shape index (κ1) is 22.9. The van der Waals surface area contributed by atoms with Crippen LogP contribution in [0.15, 0.2) is 30.5 Å². The Kier molecular flexibility index (Phi) is 8.70. The summed E-state index contributed by atoms with van der Waals surface area (Å²) in [6.45, 7) is 5.37. The van der Waals surface area contributed by atoms with E-state index in [0.29, 0.717) is 25.3 Å². The summed E-state index contributed by atoms with van der Waals surface area (Å²) in [6, 6.07) is 6.97. The first-order valence-electron chi connectivity index (χ1n) is 9.27. The summed E-state index contributed by atoms with van der Waals surface area (Å²) in [4.78, 5) is 12.3. The number of rotatable bonds is 12. The molecule has 0 aliphatic carbocycles. The third-order valence-electron chi connectivity index (χ3n) is 3.96.